The van der Waals surface area contributed by atoms with Crippen molar-refractivity contribution in [3.63, 3.8) is 0 Å². The Kier molecular flexibility index (Phi) is 3.21. The van der Waals surface area contributed by atoms with Crippen LogP contribution in [0.3, 0.4) is 0 Å². The maximum absolute atomic E-state index is 4.36. The van der Waals surface area contributed by atoms with Gasteiger partial charge in [0.15, 0.2) is 6.20 Å². The lowest BCUT2D eigenvalue weighted by Crippen LogP contribution is -2.32. The van der Waals surface area contributed by atoms with E-state index in [0.29, 0.717) is 0 Å². The molecule has 0 amide bonds. The summed E-state index contributed by atoms with van der Waals surface area (Å²) in [7, 11) is 0. The summed E-state index contributed by atoms with van der Waals surface area (Å²) >= 11 is 0. The zero-order chi connectivity index (χ0) is 16.9. The first-order valence-electron chi connectivity index (χ1n) is 8.41. The monoisotopic (exact) mass is 312 g/mol. The highest BCUT2D eigenvalue weighted by Crippen LogP contribution is 2.36. The summed E-state index contributed by atoms with van der Waals surface area (Å²) in [5, 5.41) is 0. The molecule has 1 nitrogen and oxygen atoms in total. The third-order valence-electron chi connectivity index (χ3n) is 4.82. The Labute approximate surface area is 143 Å². The predicted octanol–water partition coefficient (Wildman–Crippen LogP) is 5.44. The van der Waals surface area contributed by atoms with Crippen molar-refractivity contribution < 1.29 is 4.57 Å². The first-order chi connectivity index (χ1) is 11.4. The lowest BCUT2D eigenvalue weighted by Gasteiger charge is -2.16. The largest absolute Gasteiger partial charge is 0.219 e. The Morgan fingerprint density at radius 2 is 1.54 bits per heavy atom. The van der Waals surface area contributed by atoms with Crippen LogP contribution in [-0.4, -0.2) is 0 Å². The molecule has 0 N–H and O–H groups in total. The van der Waals surface area contributed by atoms with Crippen LogP contribution < -0.4 is 4.57 Å². The number of benzene rings is 2. The predicted molar refractivity (Wildman–Crippen MR) is 101 cm³/mol. The second-order valence-electron chi connectivity index (χ2n) is 7.50. The van der Waals surface area contributed by atoms with Gasteiger partial charge in [0.25, 0.3) is 0 Å². The second-order valence-corrected chi connectivity index (χ2v) is 7.50. The van der Waals surface area contributed by atoms with E-state index in [1.165, 1.54) is 33.5 Å². The zero-order valence-electron chi connectivity index (χ0n) is 14.5. The van der Waals surface area contributed by atoms with Gasteiger partial charge in [-0.15, -0.1) is 0 Å². The molecule has 4 rings (SSSR count). The van der Waals surface area contributed by atoms with Gasteiger partial charge in [-0.1, -0.05) is 57.2 Å². The van der Waals surface area contributed by atoms with Gasteiger partial charge in [0, 0.05) is 11.6 Å². The van der Waals surface area contributed by atoms with E-state index in [1.54, 1.807) is 0 Å². The molecule has 118 valence electrons. The maximum Gasteiger partial charge on any atom is 0.219 e. The summed E-state index contributed by atoms with van der Waals surface area (Å²) in [4.78, 5) is 0. The molecule has 1 aliphatic rings. The van der Waals surface area contributed by atoms with Gasteiger partial charge >= 0.3 is 0 Å². The summed E-state index contributed by atoms with van der Waals surface area (Å²) < 4.78 is 2.24. The minimum atomic E-state index is 0.131. The number of pyridine rings is 1. The highest BCUT2D eigenvalue weighted by Gasteiger charge is 2.32. The van der Waals surface area contributed by atoms with Crippen LogP contribution in [0.1, 0.15) is 31.9 Å². The Balaban J connectivity index is 1.84. The third-order valence-corrected chi connectivity index (χ3v) is 4.82. The van der Waals surface area contributed by atoms with Crippen LogP contribution in [0, 0.1) is 0 Å². The molecule has 2 heterocycles. The molecule has 0 spiro atoms. The Bertz CT molecular complexity index is 944. The number of hydrogen-bond acceptors (Lipinski definition) is 0. The van der Waals surface area contributed by atoms with Crippen LogP contribution in [0.5, 0.6) is 0 Å². The quantitative estimate of drug-likeness (QED) is 0.412. The minimum absolute atomic E-state index is 0.131. The molecule has 0 saturated heterocycles. The van der Waals surface area contributed by atoms with Gasteiger partial charge in [0.2, 0.25) is 11.4 Å². The fourth-order valence-corrected chi connectivity index (χ4v) is 3.33. The summed E-state index contributed by atoms with van der Waals surface area (Å²) in [6.07, 6.45) is 2.24. The number of nitrogens with zero attached hydrogens (tertiary/aromatic N) is 1. The summed E-state index contributed by atoms with van der Waals surface area (Å²) in [5.41, 5.74) is 8.70. The van der Waals surface area contributed by atoms with Gasteiger partial charge in [0.05, 0.1) is 11.1 Å². The maximum atomic E-state index is 4.36. The van der Waals surface area contributed by atoms with Gasteiger partial charge in [-0.2, -0.15) is 4.57 Å². The van der Waals surface area contributed by atoms with Gasteiger partial charge < -0.3 is 0 Å². The summed E-state index contributed by atoms with van der Waals surface area (Å²) in [5.74, 6) is 0. The van der Waals surface area contributed by atoms with Gasteiger partial charge in [-0.25, -0.2) is 0 Å². The van der Waals surface area contributed by atoms with E-state index in [1.807, 2.05) is 0 Å². The van der Waals surface area contributed by atoms with E-state index in [4.69, 9.17) is 0 Å². The molecular formula is C23H22N+. The van der Waals surface area contributed by atoms with Crippen LogP contribution in [0.25, 0.3) is 28.1 Å². The fourth-order valence-electron chi connectivity index (χ4n) is 3.33. The average molecular weight is 312 g/mol. The van der Waals surface area contributed by atoms with Crippen molar-refractivity contribution in [2.75, 3.05) is 0 Å². The van der Waals surface area contributed by atoms with Crippen LogP contribution in [0.2, 0.25) is 0 Å². The van der Waals surface area contributed by atoms with E-state index >= 15 is 0 Å². The van der Waals surface area contributed by atoms with Gasteiger partial charge in [-0.05, 0) is 41.3 Å². The molecule has 1 aliphatic heterocycles. The van der Waals surface area contributed by atoms with Crippen molar-refractivity contribution in [3.8, 4) is 22.4 Å². The van der Waals surface area contributed by atoms with Crippen LogP contribution in [0.15, 0.2) is 73.4 Å². The highest BCUT2D eigenvalue weighted by molar-refractivity contribution is 5.83. The minimum Gasteiger partial charge on any atom is -0.160 e. The molecule has 0 bridgehead atoms. The van der Waals surface area contributed by atoms with Crippen molar-refractivity contribution in [2.45, 2.75) is 26.2 Å². The molecular weight excluding hydrogens is 290 g/mol. The average Bonchev–Trinajstić information content (AvgIpc) is 2.87. The SMILES string of the molecule is C=C1c2cc(-c3ccccc3)ccc2-c2ccc(C(C)(C)C)c[n+]21. The van der Waals surface area contributed by atoms with E-state index in [2.05, 4.69) is 98.8 Å². The Hall–Kier alpha value is -2.67. The summed E-state index contributed by atoms with van der Waals surface area (Å²) in [6.45, 7) is 11.1. The lowest BCUT2D eigenvalue weighted by molar-refractivity contribution is -0.563. The van der Waals surface area contributed by atoms with E-state index < -0.39 is 0 Å². The van der Waals surface area contributed by atoms with Crippen molar-refractivity contribution in [1.29, 1.82) is 0 Å². The Morgan fingerprint density at radius 1 is 0.792 bits per heavy atom. The van der Waals surface area contributed by atoms with Gasteiger partial charge in [-0.3, -0.25) is 0 Å². The second kappa shape index (κ2) is 5.17. The van der Waals surface area contributed by atoms with Crippen molar-refractivity contribution in [2.24, 2.45) is 0 Å². The fraction of sp³-hybridized carbons (Fsp3) is 0.174. The van der Waals surface area contributed by atoms with Crippen molar-refractivity contribution in [1.82, 2.24) is 0 Å². The topological polar surface area (TPSA) is 3.88 Å². The number of rotatable bonds is 1. The zero-order valence-corrected chi connectivity index (χ0v) is 14.5. The Morgan fingerprint density at radius 3 is 2.25 bits per heavy atom. The molecule has 0 aliphatic carbocycles. The first-order valence-corrected chi connectivity index (χ1v) is 8.41. The standard InChI is InChI=1S/C23H22N/c1-16-21-14-18(17-8-6-5-7-9-17)10-12-20(21)22-13-11-19(15-24(16)22)23(2,3)4/h5-15H,1H2,2-4H3/q+1. The normalized spacial score (nSPS) is 12.9. The molecule has 0 fully saturated rings. The van der Waals surface area contributed by atoms with Crippen LogP contribution >= 0.6 is 0 Å². The molecule has 0 saturated carbocycles. The molecule has 0 unspecified atom stereocenters. The molecule has 0 atom stereocenters. The van der Waals surface area contributed by atoms with Gasteiger partial charge in [0.1, 0.15) is 0 Å². The third kappa shape index (κ3) is 2.28. The highest BCUT2D eigenvalue weighted by atomic mass is 15.0. The smallest absolute Gasteiger partial charge is 0.160 e. The molecule has 0 radical (unpaired) electrons. The number of fused-ring (bicyclic) bond motifs is 3. The summed E-state index contributed by atoms with van der Waals surface area (Å²) in [6, 6.07) is 21.7. The van der Waals surface area contributed by atoms with E-state index in [0.717, 1.165) is 5.70 Å². The first kappa shape index (κ1) is 14.9. The van der Waals surface area contributed by atoms with E-state index in [-0.39, 0.29) is 5.41 Å². The lowest BCUT2D eigenvalue weighted by atomic mass is 9.88. The molecule has 3 aromatic rings. The number of hydrogen-bond donors (Lipinski definition) is 0. The molecule has 24 heavy (non-hydrogen) atoms. The molecule has 1 aromatic heterocycles. The van der Waals surface area contributed by atoms with Crippen molar-refractivity contribution in [3.05, 3.63) is 84.6 Å². The number of aromatic nitrogens is 1. The van der Waals surface area contributed by atoms with Crippen LogP contribution in [0.4, 0.5) is 0 Å². The van der Waals surface area contributed by atoms with Crippen molar-refractivity contribution >= 4 is 5.70 Å². The molecule has 1 heteroatoms. The van der Waals surface area contributed by atoms with Crippen LogP contribution in [-0.2, 0) is 5.41 Å². The van der Waals surface area contributed by atoms with E-state index in [9.17, 15) is 0 Å². The molecule has 2 aromatic carbocycles.